The summed E-state index contributed by atoms with van der Waals surface area (Å²) < 4.78 is 5.92. The molecule has 1 aromatic carbocycles. The van der Waals surface area contributed by atoms with Gasteiger partial charge in [-0.05, 0) is 25.0 Å². The van der Waals surface area contributed by atoms with Gasteiger partial charge in [0.25, 0.3) is 0 Å². The third-order valence-corrected chi connectivity index (χ3v) is 2.27. The van der Waals surface area contributed by atoms with Crippen molar-refractivity contribution in [2.75, 3.05) is 21.1 Å². The Hall–Kier alpha value is -1.61. The highest BCUT2D eigenvalue weighted by molar-refractivity contribution is 5.84. The highest BCUT2D eigenvalue weighted by Gasteiger charge is 2.09. The van der Waals surface area contributed by atoms with Crippen molar-refractivity contribution in [1.29, 1.82) is 0 Å². The Morgan fingerprint density at radius 3 is 2.18 bits per heavy atom. The minimum Gasteiger partial charge on any atom is -0.423 e. The lowest BCUT2D eigenvalue weighted by Crippen LogP contribution is -2.27. The fourth-order valence-electron chi connectivity index (χ4n) is 1.38. The molecule has 0 saturated heterocycles. The largest absolute Gasteiger partial charge is 0.423 e. The summed E-state index contributed by atoms with van der Waals surface area (Å²) in [5.41, 5.74) is 1.94. The SMILES string of the molecule is Cc1cccc(C)c1OC(=O)/C=C/[N+](C)(C)C. The molecule has 0 aliphatic rings. The van der Waals surface area contributed by atoms with E-state index in [1.165, 1.54) is 6.08 Å². The molecule has 0 fully saturated rings. The fourth-order valence-corrected chi connectivity index (χ4v) is 1.38. The van der Waals surface area contributed by atoms with Crippen molar-refractivity contribution in [3.63, 3.8) is 0 Å². The number of nitrogens with zero attached hydrogens (tertiary/aromatic N) is 1. The van der Waals surface area contributed by atoms with Crippen molar-refractivity contribution in [3.05, 3.63) is 41.6 Å². The summed E-state index contributed by atoms with van der Waals surface area (Å²) in [4.78, 5) is 11.6. The molecule has 0 heterocycles. The standard InChI is InChI=1S/C14H20NO2/c1-11-7-6-8-12(2)14(11)17-13(16)9-10-15(3,4)5/h6-10H,1-5H3/q+1/b10-9+. The lowest BCUT2D eigenvalue weighted by Gasteiger charge is -2.17. The van der Waals surface area contributed by atoms with E-state index in [0.717, 1.165) is 11.1 Å². The van der Waals surface area contributed by atoms with Gasteiger partial charge in [-0.15, -0.1) is 0 Å². The monoisotopic (exact) mass is 234 g/mol. The molecule has 0 radical (unpaired) electrons. The number of carbonyl (C=O) groups excluding carboxylic acids is 1. The van der Waals surface area contributed by atoms with Crippen LogP contribution in [-0.2, 0) is 4.79 Å². The number of ether oxygens (including phenoxy) is 1. The highest BCUT2D eigenvalue weighted by atomic mass is 16.5. The van der Waals surface area contributed by atoms with Gasteiger partial charge in [-0.25, -0.2) is 4.79 Å². The molecule has 0 atom stereocenters. The summed E-state index contributed by atoms with van der Waals surface area (Å²) in [6.45, 7) is 3.86. The fraction of sp³-hybridized carbons (Fsp3) is 0.357. The molecule has 92 valence electrons. The Balaban J connectivity index is 2.79. The molecular weight excluding hydrogens is 214 g/mol. The average Bonchev–Trinajstić information content (AvgIpc) is 2.20. The Labute approximate surface area is 103 Å². The van der Waals surface area contributed by atoms with Crippen molar-refractivity contribution in [2.45, 2.75) is 13.8 Å². The topological polar surface area (TPSA) is 26.3 Å². The van der Waals surface area contributed by atoms with Crippen LogP contribution in [0.4, 0.5) is 0 Å². The number of benzene rings is 1. The van der Waals surface area contributed by atoms with E-state index in [9.17, 15) is 4.79 Å². The highest BCUT2D eigenvalue weighted by Crippen LogP contribution is 2.22. The zero-order valence-corrected chi connectivity index (χ0v) is 11.2. The normalized spacial score (nSPS) is 11.8. The van der Waals surface area contributed by atoms with E-state index >= 15 is 0 Å². The molecule has 0 aromatic heterocycles. The van der Waals surface area contributed by atoms with Crippen molar-refractivity contribution in [2.24, 2.45) is 0 Å². The zero-order valence-electron chi connectivity index (χ0n) is 11.2. The molecule has 0 spiro atoms. The van der Waals surface area contributed by atoms with Crippen LogP contribution in [0.5, 0.6) is 5.75 Å². The Kier molecular flexibility index (Phi) is 4.07. The maximum atomic E-state index is 11.6. The summed E-state index contributed by atoms with van der Waals surface area (Å²) >= 11 is 0. The maximum absolute atomic E-state index is 11.6. The van der Waals surface area contributed by atoms with Crippen LogP contribution in [0.1, 0.15) is 11.1 Å². The molecule has 0 aliphatic carbocycles. The number of quaternary nitrogens is 1. The van der Waals surface area contributed by atoms with E-state index in [-0.39, 0.29) is 5.97 Å². The zero-order chi connectivity index (χ0) is 13.1. The third kappa shape index (κ3) is 4.41. The van der Waals surface area contributed by atoms with Crippen LogP contribution >= 0.6 is 0 Å². The second-order valence-electron chi connectivity index (χ2n) is 5.07. The molecule has 0 bridgehead atoms. The van der Waals surface area contributed by atoms with Gasteiger partial charge in [-0.3, -0.25) is 0 Å². The van der Waals surface area contributed by atoms with E-state index in [4.69, 9.17) is 4.74 Å². The van der Waals surface area contributed by atoms with Crippen molar-refractivity contribution < 1.29 is 14.0 Å². The number of esters is 1. The second-order valence-corrected chi connectivity index (χ2v) is 5.07. The van der Waals surface area contributed by atoms with Gasteiger partial charge in [0.05, 0.1) is 27.2 Å². The molecule has 0 saturated carbocycles. The van der Waals surface area contributed by atoms with Crippen molar-refractivity contribution in [1.82, 2.24) is 0 Å². The van der Waals surface area contributed by atoms with Crippen LogP contribution in [0.25, 0.3) is 0 Å². The van der Waals surface area contributed by atoms with Gasteiger partial charge in [0, 0.05) is 0 Å². The number of carbonyl (C=O) groups is 1. The molecule has 3 heteroatoms. The molecule has 0 N–H and O–H groups in total. The van der Waals surface area contributed by atoms with Crippen molar-refractivity contribution in [3.8, 4) is 5.75 Å². The first-order valence-electron chi connectivity index (χ1n) is 5.58. The van der Waals surface area contributed by atoms with Gasteiger partial charge in [0.1, 0.15) is 11.9 Å². The first kappa shape index (κ1) is 13.5. The summed E-state index contributed by atoms with van der Waals surface area (Å²) in [6, 6.07) is 5.81. The van der Waals surface area contributed by atoms with Gasteiger partial charge in [-0.2, -0.15) is 0 Å². The molecule has 1 aromatic rings. The number of hydrogen-bond acceptors (Lipinski definition) is 2. The minimum atomic E-state index is -0.338. The molecule has 17 heavy (non-hydrogen) atoms. The van der Waals surface area contributed by atoms with E-state index in [2.05, 4.69) is 0 Å². The number of rotatable bonds is 3. The summed E-state index contributed by atoms with van der Waals surface area (Å²) in [7, 11) is 5.92. The lowest BCUT2D eigenvalue weighted by atomic mass is 10.1. The number of hydrogen-bond donors (Lipinski definition) is 0. The molecule has 0 aliphatic heterocycles. The first-order valence-corrected chi connectivity index (χ1v) is 5.58. The minimum absolute atomic E-state index is 0.338. The lowest BCUT2D eigenvalue weighted by molar-refractivity contribution is -0.817. The Morgan fingerprint density at radius 2 is 1.71 bits per heavy atom. The van der Waals surface area contributed by atoms with Crippen LogP contribution in [0.3, 0.4) is 0 Å². The first-order chi connectivity index (χ1) is 7.79. The van der Waals surface area contributed by atoms with Crippen molar-refractivity contribution >= 4 is 5.97 Å². The predicted octanol–water partition coefficient (Wildman–Crippen LogP) is 2.43. The molecule has 3 nitrogen and oxygen atoms in total. The Morgan fingerprint density at radius 1 is 1.18 bits per heavy atom. The van der Waals surface area contributed by atoms with E-state index in [1.807, 2.05) is 53.2 Å². The van der Waals surface area contributed by atoms with Gasteiger partial charge in [0.15, 0.2) is 0 Å². The van der Waals surface area contributed by atoms with Crippen LogP contribution in [0, 0.1) is 13.8 Å². The number of aryl methyl sites for hydroxylation is 2. The molecule has 0 unspecified atom stereocenters. The van der Waals surface area contributed by atoms with Gasteiger partial charge in [0.2, 0.25) is 0 Å². The van der Waals surface area contributed by atoms with E-state index in [0.29, 0.717) is 10.2 Å². The smallest absolute Gasteiger partial charge is 0.341 e. The van der Waals surface area contributed by atoms with Crippen LogP contribution in [0.15, 0.2) is 30.5 Å². The third-order valence-electron chi connectivity index (χ3n) is 2.27. The van der Waals surface area contributed by atoms with E-state index < -0.39 is 0 Å². The van der Waals surface area contributed by atoms with Crippen LogP contribution in [0.2, 0.25) is 0 Å². The van der Waals surface area contributed by atoms with Crippen LogP contribution < -0.4 is 4.74 Å². The Bertz CT molecular complexity index is 422. The maximum Gasteiger partial charge on any atom is 0.341 e. The molecular formula is C14H20NO2+. The van der Waals surface area contributed by atoms with Gasteiger partial charge >= 0.3 is 5.97 Å². The summed E-state index contributed by atoms with van der Waals surface area (Å²) in [6.07, 6.45) is 3.25. The summed E-state index contributed by atoms with van der Waals surface area (Å²) in [5.74, 6) is 0.319. The van der Waals surface area contributed by atoms with Gasteiger partial charge < -0.3 is 9.22 Å². The average molecular weight is 234 g/mol. The second kappa shape index (κ2) is 5.15. The quantitative estimate of drug-likeness (QED) is 0.347. The van der Waals surface area contributed by atoms with Gasteiger partial charge in [-0.1, -0.05) is 18.2 Å². The van der Waals surface area contributed by atoms with Crippen LogP contribution in [-0.4, -0.2) is 31.6 Å². The predicted molar refractivity (Wildman–Crippen MR) is 68.7 cm³/mol. The summed E-state index contributed by atoms with van der Waals surface area (Å²) in [5, 5.41) is 0. The van der Waals surface area contributed by atoms with E-state index in [1.54, 1.807) is 6.20 Å². The molecule has 1 rings (SSSR count). The number of para-hydroxylation sites is 1. The molecule has 0 amide bonds.